The molecular weight excluding hydrogens is 481 g/mol. The number of sulfonamides is 1. The van der Waals surface area contributed by atoms with Gasteiger partial charge in [-0.1, -0.05) is 6.07 Å². The van der Waals surface area contributed by atoms with Crippen molar-refractivity contribution in [1.29, 1.82) is 0 Å². The average molecular weight is 520 g/mol. The first-order chi connectivity index (χ1) is 16.9. The van der Waals surface area contributed by atoms with Crippen LogP contribution in [0.3, 0.4) is 0 Å². The lowest BCUT2D eigenvalue weighted by atomic mass is 10.0. The van der Waals surface area contributed by atoms with E-state index >= 15 is 0 Å². The summed E-state index contributed by atoms with van der Waals surface area (Å²) < 4.78 is 47.6. The fourth-order valence-electron chi connectivity index (χ4n) is 4.85. The van der Waals surface area contributed by atoms with Gasteiger partial charge < -0.3 is 14.5 Å². The molecule has 0 radical (unpaired) electrons. The summed E-state index contributed by atoms with van der Waals surface area (Å²) in [5, 5.41) is 0. The Bertz CT molecular complexity index is 1170. The van der Waals surface area contributed by atoms with Crippen LogP contribution in [0, 0.1) is 19.7 Å². The third-order valence-corrected chi connectivity index (χ3v) is 9.16. The SMILES string of the molecule is COc1cc(C)c(S(=O)(=O)N(C)CCC(=O)Cc2ccc(N3CCC(N(C)C)CC3)c(F)c2)c(C)c1. The third-order valence-electron chi connectivity index (χ3n) is 6.99. The van der Waals surface area contributed by atoms with Gasteiger partial charge in [-0.15, -0.1) is 0 Å². The van der Waals surface area contributed by atoms with E-state index in [1.165, 1.54) is 24.5 Å². The molecule has 7 nitrogen and oxygen atoms in total. The van der Waals surface area contributed by atoms with Crippen molar-refractivity contribution >= 4 is 21.5 Å². The number of piperidine rings is 1. The van der Waals surface area contributed by atoms with Crippen molar-refractivity contribution in [2.24, 2.45) is 0 Å². The second kappa shape index (κ2) is 11.7. The second-order valence-corrected chi connectivity index (χ2v) is 11.8. The van der Waals surface area contributed by atoms with Crippen LogP contribution in [0.1, 0.15) is 36.0 Å². The third kappa shape index (κ3) is 6.44. The fraction of sp³-hybridized carbons (Fsp3) is 0.519. The van der Waals surface area contributed by atoms with E-state index in [2.05, 4.69) is 23.9 Å². The number of ketones is 1. The molecule has 36 heavy (non-hydrogen) atoms. The summed E-state index contributed by atoms with van der Waals surface area (Å²) in [5.41, 5.74) is 2.34. The number of carbonyl (C=O) groups is 1. The zero-order valence-electron chi connectivity index (χ0n) is 22.2. The van der Waals surface area contributed by atoms with Gasteiger partial charge in [0, 0.05) is 45.6 Å². The number of rotatable bonds is 10. The molecular formula is C27H38FN3O4S. The molecule has 0 spiro atoms. The van der Waals surface area contributed by atoms with E-state index in [0.29, 0.717) is 34.2 Å². The number of Topliss-reactive ketones (excluding diaryl/α,β-unsaturated/α-hetero) is 1. The molecule has 198 valence electrons. The minimum atomic E-state index is -3.77. The molecule has 0 aromatic heterocycles. The van der Waals surface area contributed by atoms with Crippen LogP contribution in [-0.4, -0.2) is 77.3 Å². The van der Waals surface area contributed by atoms with Crippen LogP contribution in [0.15, 0.2) is 35.2 Å². The van der Waals surface area contributed by atoms with Gasteiger partial charge in [-0.25, -0.2) is 17.1 Å². The summed E-state index contributed by atoms with van der Waals surface area (Å²) in [7, 11) is 3.38. The van der Waals surface area contributed by atoms with Crippen molar-refractivity contribution in [1.82, 2.24) is 9.21 Å². The molecule has 0 amide bonds. The van der Waals surface area contributed by atoms with Gasteiger partial charge in [-0.2, -0.15) is 0 Å². The lowest BCUT2D eigenvalue weighted by Gasteiger charge is -2.36. The molecule has 0 unspecified atom stereocenters. The van der Waals surface area contributed by atoms with Gasteiger partial charge in [0.2, 0.25) is 10.0 Å². The fourth-order valence-corrected chi connectivity index (χ4v) is 6.42. The molecule has 2 aromatic rings. The van der Waals surface area contributed by atoms with Gasteiger partial charge >= 0.3 is 0 Å². The predicted molar refractivity (Wildman–Crippen MR) is 141 cm³/mol. The maximum absolute atomic E-state index is 14.9. The lowest BCUT2D eigenvalue weighted by Crippen LogP contribution is -2.42. The van der Waals surface area contributed by atoms with Crippen molar-refractivity contribution in [2.45, 2.75) is 50.5 Å². The largest absolute Gasteiger partial charge is 0.497 e. The first kappa shape index (κ1) is 28.1. The number of nitrogens with zero attached hydrogens (tertiary/aromatic N) is 3. The maximum atomic E-state index is 14.9. The maximum Gasteiger partial charge on any atom is 0.243 e. The van der Waals surface area contributed by atoms with Gasteiger partial charge in [0.15, 0.2) is 0 Å². The first-order valence-electron chi connectivity index (χ1n) is 12.3. The Morgan fingerprint density at radius 3 is 2.22 bits per heavy atom. The van der Waals surface area contributed by atoms with Crippen LogP contribution in [0.2, 0.25) is 0 Å². The smallest absolute Gasteiger partial charge is 0.243 e. The van der Waals surface area contributed by atoms with Crippen LogP contribution in [0.25, 0.3) is 0 Å². The number of halogens is 1. The van der Waals surface area contributed by atoms with Crippen LogP contribution >= 0.6 is 0 Å². The highest BCUT2D eigenvalue weighted by molar-refractivity contribution is 7.89. The van der Waals surface area contributed by atoms with Crippen molar-refractivity contribution in [3.8, 4) is 5.75 Å². The lowest BCUT2D eigenvalue weighted by molar-refractivity contribution is -0.118. The van der Waals surface area contributed by atoms with Gasteiger partial charge in [-0.05, 0) is 81.7 Å². The van der Waals surface area contributed by atoms with Crippen LogP contribution in [0.5, 0.6) is 5.75 Å². The Hall–Kier alpha value is -2.49. The number of ether oxygens (including phenoxy) is 1. The van der Waals surface area contributed by atoms with E-state index in [1.807, 2.05) is 0 Å². The Balaban J connectivity index is 1.59. The Kier molecular flexibility index (Phi) is 9.13. The molecule has 3 rings (SSSR count). The topological polar surface area (TPSA) is 70.2 Å². The Morgan fingerprint density at radius 1 is 1.08 bits per heavy atom. The predicted octanol–water partition coefficient (Wildman–Crippen LogP) is 3.80. The molecule has 1 aliphatic rings. The van der Waals surface area contributed by atoms with E-state index in [1.54, 1.807) is 38.1 Å². The van der Waals surface area contributed by atoms with Crippen LogP contribution in [-0.2, 0) is 21.2 Å². The molecule has 2 aromatic carbocycles. The molecule has 1 aliphatic heterocycles. The molecule has 1 saturated heterocycles. The minimum absolute atomic E-state index is 0.0470. The summed E-state index contributed by atoms with van der Waals surface area (Å²) in [6.45, 7) is 5.10. The van der Waals surface area contributed by atoms with E-state index in [-0.39, 0.29) is 35.9 Å². The molecule has 0 N–H and O–H groups in total. The highest BCUT2D eigenvalue weighted by Crippen LogP contribution is 2.28. The van der Waals surface area contributed by atoms with Crippen LogP contribution < -0.4 is 9.64 Å². The van der Waals surface area contributed by atoms with E-state index in [0.717, 1.165) is 25.9 Å². The monoisotopic (exact) mass is 519 g/mol. The summed E-state index contributed by atoms with van der Waals surface area (Å²) in [6.07, 6.45) is 2.08. The summed E-state index contributed by atoms with van der Waals surface area (Å²) in [4.78, 5) is 17.1. The molecule has 0 saturated carbocycles. The van der Waals surface area contributed by atoms with Crippen molar-refractivity contribution < 1.29 is 22.3 Å². The minimum Gasteiger partial charge on any atom is -0.497 e. The van der Waals surface area contributed by atoms with E-state index in [9.17, 15) is 17.6 Å². The van der Waals surface area contributed by atoms with Gasteiger partial charge in [0.1, 0.15) is 17.3 Å². The van der Waals surface area contributed by atoms with Crippen molar-refractivity contribution in [2.75, 3.05) is 52.8 Å². The molecule has 1 fully saturated rings. The summed E-state index contributed by atoms with van der Waals surface area (Å²) >= 11 is 0. The zero-order valence-corrected chi connectivity index (χ0v) is 23.0. The first-order valence-corrected chi connectivity index (χ1v) is 13.7. The number of hydrogen-bond acceptors (Lipinski definition) is 6. The number of carbonyl (C=O) groups excluding carboxylic acids is 1. The normalized spacial score (nSPS) is 15.1. The molecule has 0 bridgehead atoms. The highest BCUT2D eigenvalue weighted by atomic mass is 32.2. The van der Waals surface area contributed by atoms with Crippen molar-refractivity contribution in [3.63, 3.8) is 0 Å². The number of anilines is 1. The van der Waals surface area contributed by atoms with Gasteiger partial charge in [0.25, 0.3) is 0 Å². The Morgan fingerprint density at radius 2 is 1.69 bits per heavy atom. The van der Waals surface area contributed by atoms with Crippen molar-refractivity contribution in [3.05, 3.63) is 52.8 Å². The summed E-state index contributed by atoms with van der Waals surface area (Å²) in [6, 6.07) is 8.85. The molecule has 1 heterocycles. The number of benzene rings is 2. The number of methoxy groups -OCH3 is 1. The average Bonchev–Trinajstić information content (AvgIpc) is 2.82. The number of aryl methyl sites for hydroxylation is 2. The van der Waals surface area contributed by atoms with E-state index < -0.39 is 10.0 Å². The molecule has 0 aliphatic carbocycles. The molecule has 9 heteroatoms. The standard InChI is InChI=1S/C27H38FN3O4S/c1-19-15-24(35-6)16-20(2)27(19)36(33,34)30(5)12-11-23(32)17-21-7-8-26(25(28)18-21)31-13-9-22(10-14-31)29(3)4/h7-8,15-16,18,22H,9-14,17H2,1-6H3. The van der Waals surface area contributed by atoms with Gasteiger partial charge in [-0.3, -0.25) is 4.79 Å². The summed E-state index contributed by atoms with van der Waals surface area (Å²) in [5.74, 6) is 0.131. The number of hydrogen-bond donors (Lipinski definition) is 0. The molecule has 0 atom stereocenters. The second-order valence-electron chi connectivity index (χ2n) is 9.85. The zero-order chi connectivity index (χ0) is 26.6. The Labute approximate surface area is 214 Å². The quantitative estimate of drug-likeness (QED) is 0.476. The van der Waals surface area contributed by atoms with Crippen LogP contribution in [0.4, 0.5) is 10.1 Å². The van der Waals surface area contributed by atoms with E-state index in [4.69, 9.17) is 4.74 Å². The highest BCUT2D eigenvalue weighted by Gasteiger charge is 2.26. The van der Waals surface area contributed by atoms with Gasteiger partial charge in [0.05, 0.1) is 17.7 Å².